The van der Waals surface area contributed by atoms with Gasteiger partial charge in [-0.3, -0.25) is 0 Å². The van der Waals surface area contributed by atoms with Crippen LogP contribution in [0, 0.1) is 0 Å². The van der Waals surface area contributed by atoms with Gasteiger partial charge in [-0.05, 0) is 35.0 Å². The molecule has 0 saturated heterocycles. The Labute approximate surface area is 92.8 Å². The van der Waals surface area contributed by atoms with Crippen molar-refractivity contribution < 1.29 is 8.42 Å². The van der Waals surface area contributed by atoms with Crippen LogP contribution in [0.15, 0.2) is 34.5 Å². The molecule has 5 heteroatoms. The van der Waals surface area contributed by atoms with Crippen molar-refractivity contribution >= 4 is 31.4 Å². The molecule has 1 aromatic carbocycles. The second kappa shape index (κ2) is 3.92. The van der Waals surface area contributed by atoms with Gasteiger partial charge in [-0.25, -0.2) is 13.1 Å². The molecule has 2 aromatic rings. The van der Waals surface area contributed by atoms with Crippen LogP contribution in [0.5, 0.6) is 0 Å². The van der Waals surface area contributed by atoms with Crippen molar-refractivity contribution in [2.45, 2.75) is 11.8 Å². The predicted octanol–water partition coefficient (Wildman–Crippen LogP) is 2.20. The highest BCUT2D eigenvalue weighted by Gasteiger charge is 2.12. The molecule has 0 amide bonds. The molecule has 1 N–H and O–H groups in total. The SMILES string of the molecule is CCNS(=O)(=O)c1ccc2sccc2c1. The zero-order valence-corrected chi connectivity index (χ0v) is 9.86. The summed E-state index contributed by atoms with van der Waals surface area (Å²) in [7, 11) is -3.33. The highest BCUT2D eigenvalue weighted by atomic mass is 32.2. The van der Waals surface area contributed by atoms with Gasteiger partial charge in [0, 0.05) is 11.2 Å². The summed E-state index contributed by atoms with van der Waals surface area (Å²) in [6.07, 6.45) is 0. The molecule has 1 heterocycles. The number of fused-ring (bicyclic) bond motifs is 1. The van der Waals surface area contributed by atoms with Crippen LogP contribution in [0.4, 0.5) is 0 Å². The Hall–Kier alpha value is -0.910. The standard InChI is InChI=1S/C10H11NO2S2/c1-2-11-15(12,13)9-3-4-10-8(7-9)5-6-14-10/h3-7,11H,2H2,1H3. The highest BCUT2D eigenvalue weighted by Crippen LogP contribution is 2.23. The van der Waals surface area contributed by atoms with E-state index in [1.54, 1.807) is 30.4 Å². The van der Waals surface area contributed by atoms with Gasteiger partial charge in [-0.1, -0.05) is 6.92 Å². The van der Waals surface area contributed by atoms with Crippen molar-refractivity contribution in [1.29, 1.82) is 0 Å². The number of hydrogen-bond donors (Lipinski definition) is 1. The van der Waals surface area contributed by atoms with Gasteiger partial charge in [0.15, 0.2) is 0 Å². The third-order valence-corrected chi connectivity index (χ3v) is 4.51. The molecule has 0 saturated carbocycles. The molecule has 0 aliphatic heterocycles. The third-order valence-electron chi connectivity index (χ3n) is 2.07. The van der Waals surface area contributed by atoms with Crippen molar-refractivity contribution in [3.8, 4) is 0 Å². The molecule has 0 atom stereocenters. The number of hydrogen-bond acceptors (Lipinski definition) is 3. The summed E-state index contributed by atoms with van der Waals surface area (Å²) >= 11 is 1.60. The molecule has 2 rings (SSSR count). The molecule has 1 aromatic heterocycles. The van der Waals surface area contributed by atoms with E-state index in [4.69, 9.17) is 0 Å². The molecule has 0 bridgehead atoms. The van der Waals surface area contributed by atoms with E-state index >= 15 is 0 Å². The van der Waals surface area contributed by atoms with E-state index in [2.05, 4.69) is 4.72 Å². The number of thiophene rings is 1. The summed E-state index contributed by atoms with van der Waals surface area (Å²) in [4.78, 5) is 0.329. The molecule has 0 unspecified atom stereocenters. The fourth-order valence-corrected chi connectivity index (χ4v) is 3.23. The maximum absolute atomic E-state index is 11.7. The van der Waals surface area contributed by atoms with Crippen molar-refractivity contribution in [2.75, 3.05) is 6.54 Å². The summed E-state index contributed by atoms with van der Waals surface area (Å²) in [6.45, 7) is 2.17. The van der Waals surface area contributed by atoms with E-state index in [0.29, 0.717) is 11.4 Å². The van der Waals surface area contributed by atoms with Crippen LogP contribution in [0.2, 0.25) is 0 Å². The van der Waals surface area contributed by atoms with Gasteiger partial charge in [-0.2, -0.15) is 0 Å². The van der Waals surface area contributed by atoms with Gasteiger partial charge in [-0.15, -0.1) is 11.3 Å². The van der Waals surface area contributed by atoms with E-state index in [0.717, 1.165) is 10.1 Å². The molecule has 80 valence electrons. The second-order valence-corrected chi connectivity index (χ2v) is 5.84. The van der Waals surface area contributed by atoms with E-state index in [1.807, 2.05) is 17.5 Å². The minimum atomic E-state index is -3.33. The van der Waals surface area contributed by atoms with Crippen molar-refractivity contribution in [3.63, 3.8) is 0 Å². The van der Waals surface area contributed by atoms with Crippen LogP contribution in [-0.4, -0.2) is 15.0 Å². The number of benzene rings is 1. The number of nitrogens with one attached hydrogen (secondary N) is 1. The molecule has 3 nitrogen and oxygen atoms in total. The number of sulfonamides is 1. The Morgan fingerprint density at radius 2 is 2.13 bits per heavy atom. The Morgan fingerprint density at radius 3 is 2.87 bits per heavy atom. The first kappa shape index (κ1) is 10.6. The van der Waals surface area contributed by atoms with Crippen LogP contribution < -0.4 is 4.72 Å². The fourth-order valence-electron chi connectivity index (χ4n) is 1.39. The summed E-state index contributed by atoms with van der Waals surface area (Å²) < 4.78 is 27.0. The zero-order chi connectivity index (χ0) is 10.9. The Morgan fingerprint density at radius 1 is 1.33 bits per heavy atom. The largest absolute Gasteiger partial charge is 0.240 e. The van der Waals surface area contributed by atoms with Gasteiger partial charge >= 0.3 is 0 Å². The van der Waals surface area contributed by atoms with Gasteiger partial charge in [0.25, 0.3) is 0 Å². The average Bonchev–Trinajstić information content (AvgIpc) is 2.63. The molecular formula is C10H11NO2S2. The van der Waals surface area contributed by atoms with Crippen LogP contribution in [0.25, 0.3) is 10.1 Å². The first-order valence-electron chi connectivity index (χ1n) is 4.60. The maximum atomic E-state index is 11.7. The normalized spacial score (nSPS) is 12.1. The molecule has 15 heavy (non-hydrogen) atoms. The molecule has 0 aliphatic carbocycles. The molecule has 0 radical (unpaired) electrons. The molecular weight excluding hydrogens is 230 g/mol. The summed E-state index contributed by atoms with van der Waals surface area (Å²) in [5, 5.41) is 2.92. The van der Waals surface area contributed by atoms with Crippen LogP contribution in [0.3, 0.4) is 0 Å². The lowest BCUT2D eigenvalue weighted by molar-refractivity contribution is 0.584. The summed E-state index contributed by atoms with van der Waals surface area (Å²) in [6, 6.07) is 7.09. The van der Waals surface area contributed by atoms with E-state index in [1.165, 1.54) is 0 Å². The van der Waals surface area contributed by atoms with Crippen LogP contribution >= 0.6 is 11.3 Å². The van der Waals surface area contributed by atoms with E-state index in [-0.39, 0.29) is 0 Å². The molecule has 0 spiro atoms. The maximum Gasteiger partial charge on any atom is 0.240 e. The highest BCUT2D eigenvalue weighted by molar-refractivity contribution is 7.89. The first-order chi connectivity index (χ1) is 7.13. The Balaban J connectivity index is 2.52. The topological polar surface area (TPSA) is 46.2 Å². The van der Waals surface area contributed by atoms with Gasteiger partial charge in [0.1, 0.15) is 0 Å². The average molecular weight is 241 g/mol. The predicted molar refractivity (Wildman–Crippen MR) is 62.7 cm³/mol. The number of rotatable bonds is 3. The van der Waals surface area contributed by atoms with E-state index < -0.39 is 10.0 Å². The van der Waals surface area contributed by atoms with Crippen LogP contribution in [-0.2, 0) is 10.0 Å². The minimum absolute atomic E-state index is 0.329. The smallest absolute Gasteiger partial charge is 0.211 e. The lowest BCUT2D eigenvalue weighted by atomic mass is 10.3. The van der Waals surface area contributed by atoms with Crippen molar-refractivity contribution in [1.82, 2.24) is 4.72 Å². The van der Waals surface area contributed by atoms with Gasteiger partial charge in [0.05, 0.1) is 4.90 Å². The van der Waals surface area contributed by atoms with Crippen LogP contribution in [0.1, 0.15) is 6.92 Å². The second-order valence-electron chi connectivity index (χ2n) is 3.12. The monoisotopic (exact) mass is 241 g/mol. The minimum Gasteiger partial charge on any atom is -0.211 e. The Bertz CT molecular complexity index is 572. The molecule has 0 aliphatic rings. The van der Waals surface area contributed by atoms with E-state index in [9.17, 15) is 8.42 Å². The quantitative estimate of drug-likeness (QED) is 0.895. The Kier molecular flexibility index (Phi) is 2.77. The van der Waals surface area contributed by atoms with Gasteiger partial charge in [0.2, 0.25) is 10.0 Å². The lowest BCUT2D eigenvalue weighted by Crippen LogP contribution is -2.22. The van der Waals surface area contributed by atoms with Gasteiger partial charge < -0.3 is 0 Å². The molecule has 0 fully saturated rings. The van der Waals surface area contributed by atoms with Crippen molar-refractivity contribution in [2.24, 2.45) is 0 Å². The summed E-state index contributed by atoms with van der Waals surface area (Å²) in [5.41, 5.74) is 0. The third kappa shape index (κ3) is 2.04. The zero-order valence-electron chi connectivity index (χ0n) is 8.23. The lowest BCUT2D eigenvalue weighted by Gasteiger charge is -2.03. The van der Waals surface area contributed by atoms with Crippen molar-refractivity contribution in [3.05, 3.63) is 29.6 Å². The fraction of sp³-hybridized carbons (Fsp3) is 0.200. The first-order valence-corrected chi connectivity index (χ1v) is 6.96. The summed E-state index contributed by atoms with van der Waals surface area (Å²) in [5.74, 6) is 0.